The second-order valence-electron chi connectivity index (χ2n) is 4.12. The van der Waals surface area contributed by atoms with Crippen LogP contribution in [-0.4, -0.2) is 7.11 Å². The van der Waals surface area contributed by atoms with Crippen molar-refractivity contribution in [1.29, 1.82) is 5.26 Å². The molecule has 0 aliphatic heterocycles. The van der Waals surface area contributed by atoms with E-state index in [9.17, 15) is 0 Å². The van der Waals surface area contributed by atoms with E-state index in [2.05, 4.69) is 19.9 Å². The van der Waals surface area contributed by atoms with E-state index in [1.165, 1.54) is 5.56 Å². The van der Waals surface area contributed by atoms with E-state index >= 15 is 0 Å². The summed E-state index contributed by atoms with van der Waals surface area (Å²) in [5.41, 5.74) is 8.07. The van der Waals surface area contributed by atoms with Gasteiger partial charge in [-0.05, 0) is 17.5 Å². The molecule has 2 N–H and O–H groups in total. The molecule has 17 heavy (non-hydrogen) atoms. The summed E-state index contributed by atoms with van der Waals surface area (Å²) in [7, 11) is 1.62. The lowest BCUT2D eigenvalue weighted by atomic mass is 9.96. The SMILES string of the molecule is COc1ccc(C(C)C)cc1[C@H](N)CC#N.Cl. The van der Waals surface area contributed by atoms with Crippen molar-refractivity contribution in [3.63, 3.8) is 0 Å². The minimum atomic E-state index is -0.279. The summed E-state index contributed by atoms with van der Waals surface area (Å²) in [6.45, 7) is 4.25. The van der Waals surface area contributed by atoms with Crippen LogP contribution in [0.1, 0.15) is 43.4 Å². The van der Waals surface area contributed by atoms with E-state index in [0.717, 1.165) is 11.3 Å². The first-order valence-corrected chi connectivity index (χ1v) is 5.40. The Labute approximate surface area is 109 Å². The molecule has 0 aliphatic carbocycles. The van der Waals surface area contributed by atoms with Gasteiger partial charge < -0.3 is 10.5 Å². The van der Waals surface area contributed by atoms with Crippen molar-refractivity contribution in [2.24, 2.45) is 5.73 Å². The summed E-state index contributed by atoms with van der Waals surface area (Å²) in [5, 5.41) is 8.67. The van der Waals surface area contributed by atoms with Gasteiger partial charge in [0.2, 0.25) is 0 Å². The van der Waals surface area contributed by atoms with Gasteiger partial charge in [-0.1, -0.05) is 26.0 Å². The van der Waals surface area contributed by atoms with Crippen molar-refractivity contribution in [3.05, 3.63) is 29.3 Å². The summed E-state index contributed by atoms with van der Waals surface area (Å²) >= 11 is 0. The highest BCUT2D eigenvalue weighted by molar-refractivity contribution is 5.85. The molecule has 1 aromatic carbocycles. The fourth-order valence-electron chi connectivity index (χ4n) is 1.61. The second kappa shape index (κ2) is 7.16. The molecule has 0 spiro atoms. The molecule has 94 valence electrons. The average Bonchev–Trinajstić information content (AvgIpc) is 2.28. The van der Waals surface area contributed by atoms with Crippen LogP contribution in [0.4, 0.5) is 0 Å². The standard InChI is InChI=1S/C13H18N2O.ClH/c1-9(2)10-4-5-13(16-3)11(8-10)12(15)6-7-14;/h4-5,8-9,12H,6,15H2,1-3H3;1H/t12-;/m1./s1. The molecule has 0 aliphatic rings. The van der Waals surface area contributed by atoms with E-state index in [-0.39, 0.29) is 18.4 Å². The molecular weight excluding hydrogens is 236 g/mol. The monoisotopic (exact) mass is 254 g/mol. The molecule has 0 radical (unpaired) electrons. The summed E-state index contributed by atoms with van der Waals surface area (Å²) in [4.78, 5) is 0. The van der Waals surface area contributed by atoms with Crippen molar-refractivity contribution in [3.8, 4) is 11.8 Å². The fraction of sp³-hybridized carbons (Fsp3) is 0.462. The number of nitrogens with zero attached hydrogens (tertiary/aromatic N) is 1. The fourth-order valence-corrected chi connectivity index (χ4v) is 1.61. The number of hydrogen-bond donors (Lipinski definition) is 1. The lowest BCUT2D eigenvalue weighted by molar-refractivity contribution is 0.405. The van der Waals surface area contributed by atoms with E-state index in [4.69, 9.17) is 15.7 Å². The lowest BCUT2D eigenvalue weighted by Crippen LogP contribution is -2.11. The van der Waals surface area contributed by atoms with Gasteiger partial charge in [0.25, 0.3) is 0 Å². The second-order valence-corrected chi connectivity index (χ2v) is 4.12. The maximum Gasteiger partial charge on any atom is 0.123 e. The number of methoxy groups -OCH3 is 1. The number of benzene rings is 1. The van der Waals surface area contributed by atoms with Crippen molar-refractivity contribution in [2.45, 2.75) is 32.2 Å². The molecule has 0 bridgehead atoms. The maximum absolute atomic E-state index is 8.67. The van der Waals surface area contributed by atoms with Crippen molar-refractivity contribution < 1.29 is 4.74 Å². The Hall–Kier alpha value is -1.24. The van der Waals surface area contributed by atoms with Crippen LogP contribution in [0.25, 0.3) is 0 Å². The summed E-state index contributed by atoms with van der Waals surface area (Å²) in [5.74, 6) is 1.20. The Morgan fingerprint density at radius 3 is 2.53 bits per heavy atom. The van der Waals surface area contributed by atoms with Crippen LogP contribution in [-0.2, 0) is 0 Å². The van der Waals surface area contributed by atoms with E-state index in [0.29, 0.717) is 12.3 Å². The van der Waals surface area contributed by atoms with Gasteiger partial charge in [0.05, 0.1) is 19.6 Å². The van der Waals surface area contributed by atoms with Crippen LogP contribution >= 0.6 is 12.4 Å². The van der Waals surface area contributed by atoms with Crippen LogP contribution in [0.3, 0.4) is 0 Å². The van der Waals surface area contributed by atoms with Gasteiger partial charge in [-0.15, -0.1) is 12.4 Å². The molecule has 0 saturated carbocycles. The van der Waals surface area contributed by atoms with E-state index in [1.54, 1.807) is 7.11 Å². The van der Waals surface area contributed by atoms with Gasteiger partial charge in [0.1, 0.15) is 5.75 Å². The van der Waals surface area contributed by atoms with Crippen molar-refractivity contribution in [1.82, 2.24) is 0 Å². The number of halogens is 1. The lowest BCUT2D eigenvalue weighted by Gasteiger charge is -2.16. The zero-order valence-electron chi connectivity index (χ0n) is 10.4. The number of ether oxygens (including phenoxy) is 1. The highest BCUT2D eigenvalue weighted by atomic mass is 35.5. The van der Waals surface area contributed by atoms with Gasteiger partial charge in [0, 0.05) is 11.6 Å². The molecule has 3 nitrogen and oxygen atoms in total. The summed E-state index contributed by atoms with van der Waals surface area (Å²) < 4.78 is 5.26. The Kier molecular flexibility index (Phi) is 6.64. The quantitative estimate of drug-likeness (QED) is 0.898. The Bertz CT molecular complexity index is 399. The maximum atomic E-state index is 8.67. The molecule has 0 heterocycles. The Morgan fingerprint density at radius 2 is 2.06 bits per heavy atom. The normalized spacial score (nSPS) is 11.5. The topological polar surface area (TPSA) is 59.0 Å². The van der Waals surface area contributed by atoms with Crippen molar-refractivity contribution in [2.75, 3.05) is 7.11 Å². The first-order chi connectivity index (χ1) is 7.60. The average molecular weight is 255 g/mol. The number of hydrogen-bond acceptors (Lipinski definition) is 3. The molecule has 0 aromatic heterocycles. The number of nitriles is 1. The molecule has 1 aromatic rings. The molecule has 0 fully saturated rings. The van der Waals surface area contributed by atoms with Crippen molar-refractivity contribution >= 4 is 12.4 Å². The molecule has 1 rings (SSSR count). The van der Waals surface area contributed by atoms with E-state index < -0.39 is 0 Å². The first kappa shape index (κ1) is 15.8. The zero-order chi connectivity index (χ0) is 12.1. The highest BCUT2D eigenvalue weighted by Crippen LogP contribution is 2.29. The summed E-state index contributed by atoms with van der Waals surface area (Å²) in [6.07, 6.45) is 0.303. The summed E-state index contributed by atoms with van der Waals surface area (Å²) in [6, 6.07) is 7.79. The highest BCUT2D eigenvalue weighted by Gasteiger charge is 2.13. The van der Waals surface area contributed by atoms with Crippen LogP contribution in [0.5, 0.6) is 5.75 Å². The smallest absolute Gasteiger partial charge is 0.123 e. The van der Waals surface area contributed by atoms with E-state index in [1.807, 2.05) is 18.2 Å². The van der Waals surface area contributed by atoms with Gasteiger partial charge in [-0.2, -0.15) is 5.26 Å². The third kappa shape index (κ3) is 3.92. The van der Waals surface area contributed by atoms with Gasteiger partial charge >= 0.3 is 0 Å². The van der Waals surface area contributed by atoms with Crippen LogP contribution in [0, 0.1) is 11.3 Å². The predicted octanol–water partition coefficient (Wildman–Crippen LogP) is 3.15. The minimum Gasteiger partial charge on any atom is -0.496 e. The molecule has 0 amide bonds. The van der Waals surface area contributed by atoms with Crippen LogP contribution in [0.15, 0.2) is 18.2 Å². The van der Waals surface area contributed by atoms with Gasteiger partial charge in [-0.3, -0.25) is 0 Å². The largest absolute Gasteiger partial charge is 0.496 e. The molecule has 0 saturated heterocycles. The minimum absolute atomic E-state index is 0. The number of nitrogens with two attached hydrogens (primary N) is 1. The first-order valence-electron chi connectivity index (χ1n) is 5.40. The van der Waals surface area contributed by atoms with Crippen LogP contribution < -0.4 is 10.5 Å². The Morgan fingerprint density at radius 1 is 1.41 bits per heavy atom. The molecule has 1 atom stereocenters. The third-order valence-corrected chi connectivity index (χ3v) is 2.63. The zero-order valence-corrected chi connectivity index (χ0v) is 11.3. The number of rotatable bonds is 4. The Balaban J connectivity index is 0.00000256. The predicted molar refractivity (Wildman–Crippen MR) is 71.5 cm³/mol. The molecule has 4 heteroatoms. The molecule has 0 unspecified atom stereocenters. The molecular formula is C13H19ClN2O. The third-order valence-electron chi connectivity index (χ3n) is 2.63. The van der Waals surface area contributed by atoms with Gasteiger partial charge in [-0.25, -0.2) is 0 Å². The van der Waals surface area contributed by atoms with Crippen LogP contribution in [0.2, 0.25) is 0 Å². The van der Waals surface area contributed by atoms with Gasteiger partial charge in [0.15, 0.2) is 0 Å².